The number of ketones is 1. The number of carbonyl (C=O) groups excluding carboxylic acids is 2. The predicted octanol–water partition coefficient (Wildman–Crippen LogP) is 1.15. The number of alkyl halides is 1. The van der Waals surface area contributed by atoms with Crippen molar-refractivity contribution < 1.29 is 29.1 Å². The van der Waals surface area contributed by atoms with Gasteiger partial charge in [0.25, 0.3) is 0 Å². The van der Waals surface area contributed by atoms with E-state index in [9.17, 15) is 14.4 Å². The van der Waals surface area contributed by atoms with Crippen molar-refractivity contribution in [3.05, 3.63) is 35.9 Å². The predicted molar refractivity (Wildman–Crippen MR) is 76.1 cm³/mol. The normalized spacial score (nSPS) is 10.8. The molecule has 8 heteroatoms. The van der Waals surface area contributed by atoms with E-state index in [0.29, 0.717) is 0 Å². The van der Waals surface area contributed by atoms with E-state index in [1.54, 1.807) is 24.3 Å². The quantitative estimate of drug-likeness (QED) is 0.246. The van der Waals surface area contributed by atoms with E-state index < -0.39 is 30.0 Å². The molecule has 112 valence electrons. The highest BCUT2D eigenvalue weighted by Crippen LogP contribution is 2.00. The standard InChI is InChI=1S/C13H12BrNO6/c14-6-10(16)12(13(18)19)15-21-8-11(17)20-7-9-4-2-1-3-5-9/h1-5H,6-8H2,(H,18,19). The summed E-state index contributed by atoms with van der Waals surface area (Å²) >= 11 is 2.81. The van der Waals surface area contributed by atoms with E-state index in [4.69, 9.17) is 9.84 Å². The highest BCUT2D eigenvalue weighted by atomic mass is 79.9. The van der Waals surface area contributed by atoms with Crippen LogP contribution in [-0.4, -0.2) is 40.5 Å². The number of carbonyl (C=O) groups is 3. The first-order valence-corrected chi connectivity index (χ1v) is 6.88. The lowest BCUT2D eigenvalue weighted by atomic mass is 10.2. The summed E-state index contributed by atoms with van der Waals surface area (Å²) in [6.07, 6.45) is 0. The van der Waals surface area contributed by atoms with Gasteiger partial charge in [0.15, 0.2) is 0 Å². The molecule has 0 amide bonds. The fourth-order valence-corrected chi connectivity index (χ4v) is 1.47. The van der Waals surface area contributed by atoms with Crippen LogP contribution in [0.15, 0.2) is 35.5 Å². The fourth-order valence-electron chi connectivity index (χ4n) is 1.20. The van der Waals surface area contributed by atoms with Crippen LogP contribution < -0.4 is 0 Å². The Morgan fingerprint density at radius 3 is 2.43 bits per heavy atom. The molecule has 0 atom stereocenters. The number of ether oxygens (including phenoxy) is 1. The first-order valence-electron chi connectivity index (χ1n) is 5.76. The molecule has 0 heterocycles. The Labute approximate surface area is 128 Å². The summed E-state index contributed by atoms with van der Waals surface area (Å²) in [7, 11) is 0. The highest BCUT2D eigenvalue weighted by Gasteiger charge is 2.19. The van der Waals surface area contributed by atoms with Crippen LogP contribution in [0.25, 0.3) is 0 Å². The first-order chi connectivity index (χ1) is 10.0. The first kappa shape index (κ1) is 16.8. The number of rotatable bonds is 8. The molecule has 0 unspecified atom stereocenters. The van der Waals surface area contributed by atoms with Crippen LogP contribution in [0, 0.1) is 0 Å². The molecule has 0 fully saturated rings. The summed E-state index contributed by atoms with van der Waals surface area (Å²) in [4.78, 5) is 37.8. The molecule has 0 saturated heterocycles. The second kappa shape index (κ2) is 8.85. The maximum atomic E-state index is 11.3. The average Bonchev–Trinajstić information content (AvgIpc) is 2.49. The van der Waals surface area contributed by atoms with E-state index in [0.717, 1.165) is 5.56 Å². The molecule has 0 bridgehead atoms. The van der Waals surface area contributed by atoms with Crippen molar-refractivity contribution in [2.45, 2.75) is 6.61 Å². The van der Waals surface area contributed by atoms with Crippen LogP contribution in [0.3, 0.4) is 0 Å². The lowest BCUT2D eigenvalue weighted by Gasteiger charge is -2.04. The third-order valence-electron chi connectivity index (χ3n) is 2.17. The summed E-state index contributed by atoms with van der Waals surface area (Å²) in [6, 6.07) is 8.99. The number of aliphatic carboxylic acids is 1. The second-order valence-corrected chi connectivity index (χ2v) is 4.28. The summed E-state index contributed by atoms with van der Waals surface area (Å²) in [5, 5.41) is 11.6. The molecule has 0 radical (unpaired) electrons. The third kappa shape index (κ3) is 6.17. The molecular weight excluding hydrogens is 346 g/mol. The van der Waals surface area contributed by atoms with Crippen LogP contribution in [0.1, 0.15) is 5.56 Å². The van der Waals surface area contributed by atoms with Crippen LogP contribution in [0.2, 0.25) is 0 Å². The van der Waals surface area contributed by atoms with Gasteiger partial charge >= 0.3 is 11.9 Å². The van der Waals surface area contributed by atoms with Crippen molar-refractivity contribution >= 4 is 39.4 Å². The Morgan fingerprint density at radius 1 is 1.19 bits per heavy atom. The van der Waals surface area contributed by atoms with Gasteiger partial charge in [-0.25, -0.2) is 9.59 Å². The number of esters is 1. The molecule has 21 heavy (non-hydrogen) atoms. The van der Waals surface area contributed by atoms with Crippen molar-refractivity contribution in [1.29, 1.82) is 0 Å². The summed E-state index contributed by atoms with van der Waals surface area (Å²) in [6.45, 7) is -0.516. The molecule has 7 nitrogen and oxygen atoms in total. The van der Waals surface area contributed by atoms with Gasteiger partial charge in [0.2, 0.25) is 18.1 Å². The smallest absolute Gasteiger partial charge is 0.361 e. The van der Waals surface area contributed by atoms with Crippen LogP contribution in [0.5, 0.6) is 0 Å². The maximum absolute atomic E-state index is 11.3. The number of halogens is 1. The van der Waals surface area contributed by atoms with E-state index in [1.807, 2.05) is 6.07 Å². The fraction of sp³-hybridized carbons (Fsp3) is 0.231. The number of benzene rings is 1. The van der Waals surface area contributed by atoms with E-state index in [-0.39, 0.29) is 11.9 Å². The van der Waals surface area contributed by atoms with E-state index >= 15 is 0 Å². The Morgan fingerprint density at radius 2 is 1.86 bits per heavy atom. The molecule has 0 aliphatic carbocycles. The summed E-state index contributed by atoms with van der Waals surface area (Å²) in [5.74, 6) is -3.02. The Hall–Kier alpha value is -2.22. The molecule has 0 aromatic heterocycles. The minimum absolute atomic E-state index is 0.0683. The van der Waals surface area contributed by atoms with Gasteiger partial charge in [-0.1, -0.05) is 51.4 Å². The number of carboxylic acid groups (broad SMARTS) is 1. The van der Waals surface area contributed by atoms with Crippen LogP contribution in [0.4, 0.5) is 0 Å². The lowest BCUT2D eigenvalue weighted by molar-refractivity contribution is -0.150. The molecule has 1 N–H and O–H groups in total. The van der Waals surface area contributed by atoms with Crippen molar-refractivity contribution in [1.82, 2.24) is 0 Å². The molecule has 0 aliphatic heterocycles. The summed E-state index contributed by atoms with van der Waals surface area (Å²) in [5.41, 5.74) is 0.0118. The van der Waals surface area contributed by atoms with Crippen LogP contribution >= 0.6 is 15.9 Å². The number of hydrogen-bond acceptors (Lipinski definition) is 6. The van der Waals surface area contributed by atoms with Gasteiger partial charge in [0, 0.05) is 0 Å². The van der Waals surface area contributed by atoms with Gasteiger partial charge < -0.3 is 14.7 Å². The third-order valence-corrected chi connectivity index (χ3v) is 2.68. The van der Waals surface area contributed by atoms with Gasteiger partial charge in [-0.05, 0) is 5.56 Å². The van der Waals surface area contributed by atoms with E-state index in [1.165, 1.54) is 0 Å². The molecular formula is C13H12BrNO6. The number of hydrogen-bond donors (Lipinski definition) is 1. The zero-order valence-corrected chi connectivity index (χ0v) is 12.4. The SMILES string of the molecule is O=C(CON=C(C(=O)O)C(=O)CBr)OCc1ccccc1. The molecule has 1 aromatic rings. The zero-order valence-electron chi connectivity index (χ0n) is 10.8. The molecule has 0 saturated carbocycles. The monoisotopic (exact) mass is 357 g/mol. The summed E-state index contributed by atoms with van der Waals surface area (Å²) < 4.78 is 4.88. The largest absolute Gasteiger partial charge is 0.476 e. The molecule has 1 aromatic carbocycles. The van der Waals surface area contributed by atoms with Gasteiger partial charge in [0.05, 0.1) is 5.33 Å². The van der Waals surface area contributed by atoms with Gasteiger partial charge in [0.1, 0.15) is 6.61 Å². The Bertz CT molecular complexity index is 543. The number of carboxylic acids is 1. The topological polar surface area (TPSA) is 102 Å². The van der Waals surface area contributed by atoms with Gasteiger partial charge in [-0.2, -0.15) is 0 Å². The second-order valence-electron chi connectivity index (χ2n) is 3.72. The van der Waals surface area contributed by atoms with Crippen molar-refractivity contribution in [3.63, 3.8) is 0 Å². The minimum atomic E-state index is -1.53. The molecule has 0 spiro atoms. The van der Waals surface area contributed by atoms with Gasteiger partial charge in [-0.3, -0.25) is 4.79 Å². The Kier molecular flexibility index (Phi) is 7.10. The number of Topliss-reactive ketones (excluding diaryl/α,β-unsaturated/α-hetero) is 1. The van der Waals surface area contributed by atoms with Crippen LogP contribution in [-0.2, 0) is 30.6 Å². The number of oxime groups is 1. The van der Waals surface area contributed by atoms with Crippen molar-refractivity contribution in [2.75, 3.05) is 11.9 Å². The maximum Gasteiger partial charge on any atom is 0.361 e. The molecule has 1 rings (SSSR count). The average molecular weight is 358 g/mol. The molecule has 0 aliphatic rings. The Balaban J connectivity index is 2.42. The van der Waals surface area contributed by atoms with Crippen molar-refractivity contribution in [3.8, 4) is 0 Å². The van der Waals surface area contributed by atoms with Gasteiger partial charge in [-0.15, -0.1) is 0 Å². The number of nitrogens with zero attached hydrogens (tertiary/aromatic N) is 1. The highest BCUT2D eigenvalue weighted by molar-refractivity contribution is 9.09. The lowest BCUT2D eigenvalue weighted by Crippen LogP contribution is -2.25. The minimum Gasteiger partial charge on any atom is -0.476 e. The van der Waals surface area contributed by atoms with E-state index in [2.05, 4.69) is 25.9 Å². The zero-order chi connectivity index (χ0) is 15.7. The van der Waals surface area contributed by atoms with Crippen molar-refractivity contribution in [2.24, 2.45) is 5.16 Å².